The van der Waals surface area contributed by atoms with Crippen LogP contribution in [0.2, 0.25) is 0 Å². The lowest BCUT2D eigenvalue weighted by molar-refractivity contribution is -0.526. The predicted molar refractivity (Wildman–Crippen MR) is 126 cm³/mol. The smallest absolute Gasteiger partial charge is 0.236 e. The second-order valence-corrected chi connectivity index (χ2v) is 8.08. The Kier molecular flexibility index (Phi) is 5.15. The van der Waals surface area contributed by atoms with E-state index in [1.807, 2.05) is 59.7 Å². The van der Waals surface area contributed by atoms with Crippen molar-refractivity contribution in [3.8, 4) is 28.4 Å². The van der Waals surface area contributed by atoms with Crippen molar-refractivity contribution in [2.45, 2.75) is 26.8 Å². The molecular weight excluding hydrogens is 396 g/mol. The summed E-state index contributed by atoms with van der Waals surface area (Å²) in [6.45, 7) is 6.36. The van der Waals surface area contributed by atoms with Gasteiger partial charge in [0.1, 0.15) is 11.5 Å². The zero-order valence-electron chi connectivity index (χ0n) is 18.4. The van der Waals surface area contributed by atoms with Crippen molar-refractivity contribution in [1.29, 1.82) is 0 Å². The minimum Gasteiger partial charge on any atom is -0.457 e. The van der Waals surface area contributed by atoms with Crippen molar-refractivity contribution in [1.82, 2.24) is 9.55 Å². The molecule has 5 rings (SSSR count). The van der Waals surface area contributed by atoms with Crippen LogP contribution < -0.4 is 4.74 Å². The Bertz CT molecular complexity index is 1330. The molecule has 0 aliphatic carbocycles. The highest BCUT2D eigenvalue weighted by atomic mass is 16.5. The van der Waals surface area contributed by atoms with E-state index >= 15 is 0 Å². The Morgan fingerprint density at radius 2 is 1.62 bits per heavy atom. The average molecular weight is 422 g/mol. The predicted octanol–water partition coefficient (Wildman–Crippen LogP) is 6.96. The van der Waals surface area contributed by atoms with E-state index in [9.17, 15) is 0 Å². The van der Waals surface area contributed by atoms with Crippen molar-refractivity contribution in [2.75, 3.05) is 0 Å². The zero-order chi connectivity index (χ0) is 22.1. The molecule has 158 valence electrons. The molecule has 1 aromatic heterocycles. The fraction of sp³-hybridized carbons (Fsp3) is 0.148. The maximum atomic E-state index is 6.18. The molecule has 2 heterocycles. The molecule has 0 N–H and O–H groups in total. The largest absolute Gasteiger partial charge is 0.457 e. The van der Waals surface area contributed by atoms with Crippen LogP contribution in [0.25, 0.3) is 16.9 Å². The molecule has 0 bridgehead atoms. The first-order valence-corrected chi connectivity index (χ1v) is 10.7. The van der Waals surface area contributed by atoms with Gasteiger partial charge in [-0.3, -0.25) is 0 Å². The van der Waals surface area contributed by atoms with Crippen LogP contribution in [-0.4, -0.2) is 20.3 Å². The molecule has 32 heavy (non-hydrogen) atoms. The summed E-state index contributed by atoms with van der Waals surface area (Å²) < 4.78 is 10.2. The number of benzene rings is 3. The van der Waals surface area contributed by atoms with Crippen LogP contribution in [0.5, 0.6) is 11.5 Å². The maximum absolute atomic E-state index is 6.18. The fourth-order valence-corrected chi connectivity index (χ4v) is 4.07. The van der Waals surface area contributed by atoms with Gasteiger partial charge in [0.25, 0.3) is 0 Å². The molecule has 0 spiro atoms. The van der Waals surface area contributed by atoms with E-state index in [1.54, 1.807) is 0 Å². The lowest BCUT2D eigenvalue weighted by Crippen LogP contribution is -2.10. The van der Waals surface area contributed by atoms with Crippen molar-refractivity contribution in [3.05, 3.63) is 103 Å². The summed E-state index contributed by atoms with van der Waals surface area (Å²) in [5.41, 5.74) is 6.54. The van der Waals surface area contributed by atoms with Crippen LogP contribution in [0.15, 0.2) is 96.6 Å². The Morgan fingerprint density at radius 3 is 2.38 bits per heavy atom. The fourth-order valence-electron chi connectivity index (χ4n) is 4.07. The molecule has 0 saturated heterocycles. The van der Waals surface area contributed by atoms with Gasteiger partial charge < -0.3 is 9.30 Å². The monoisotopic (exact) mass is 421 g/mol. The molecule has 1 unspecified atom stereocenters. The number of ether oxygens (including phenoxy) is 1. The molecule has 0 fully saturated rings. The van der Waals surface area contributed by atoms with Gasteiger partial charge in [-0.2, -0.15) is 0 Å². The van der Waals surface area contributed by atoms with Crippen LogP contribution in [-0.2, 0) is 0 Å². The van der Waals surface area contributed by atoms with E-state index in [4.69, 9.17) is 4.74 Å². The van der Waals surface area contributed by atoms with Gasteiger partial charge in [0.2, 0.25) is 11.7 Å². The number of hydrogen-bond acceptors (Lipinski definition) is 3. The van der Waals surface area contributed by atoms with Gasteiger partial charge in [-0.25, -0.2) is 4.98 Å². The highest BCUT2D eigenvalue weighted by Crippen LogP contribution is 2.30. The van der Waals surface area contributed by atoms with E-state index in [0.29, 0.717) is 0 Å². The Labute approximate surface area is 188 Å². The Hall–Kier alpha value is -3.99. The van der Waals surface area contributed by atoms with Gasteiger partial charge in [0, 0.05) is 30.8 Å². The molecule has 0 saturated carbocycles. The van der Waals surface area contributed by atoms with Crippen LogP contribution in [0.3, 0.4) is 0 Å². The minimum absolute atomic E-state index is 0.237. The van der Waals surface area contributed by atoms with Crippen molar-refractivity contribution in [2.24, 2.45) is 5.11 Å². The summed E-state index contributed by atoms with van der Waals surface area (Å²) in [4.78, 5) is 4.65. The third-order valence-electron chi connectivity index (χ3n) is 5.67. The number of hydrogen-bond donors (Lipinski definition) is 0. The highest BCUT2D eigenvalue weighted by Gasteiger charge is 2.22. The van der Waals surface area contributed by atoms with E-state index in [1.165, 1.54) is 16.8 Å². The summed E-state index contributed by atoms with van der Waals surface area (Å²) in [6.07, 6.45) is 7.84. The van der Waals surface area contributed by atoms with E-state index in [-0.39, 0.29) is 6.04 Å². The quantitative estimate of drug-likeness (QED) is 0.327. The Morgan fingerprint density at radius 1 is 0.906 bits per heavy atom. The first-order valence-electron chi connectivity index (χ1n) is 10.7. The number of rotatable bonds is 5. The van der Waals surface area contributed by atoms with E-state index in [0.717, 1.165) is 28.4 Å². The lowest BCUT2D eigenvalue weighted by Gasteiger charge is -2.10. The van der Waals surface area contributed by atoms with Gasteiger partial charge >= 0.3 is 0 Å². The lowest BCUT2D eigenvalue weighted by atomic mass is 10.1. The SMILES string of the molecule is Cc1cccc(C)c1-n1cnc(-c2cccc(Oc3cccc([N+]4=NC=CC4C)c3)c2)c1. The highest BCUT2D eigenvalue weighted by molar-refractivity contribution is 5.62. The van der Waals surface area contributed by atoms with Crippen LogP contribution >= 0.6 is 0 Å². The van der Waals surface area contributed by atoms with Gasteiger partial charge in [-0.05, 0) is 48.3 Å². The molecule has 0 radical (unpaired) electrons. The van der Waals surface area contributed by atoms with Crippen LogP contribution in [0.1, 0.15) is 18.1 Å². The summed E-state index contributed by atoms with van der Waals surface area (Å²) >= 11 is 0. The summed E-state index contributed by atoms with van der Waals surface area (Å²) in [5.74, 6) is 1.54. The third kappa shape index (κ3) is 3.85. The van der Waals surface area contributed by atoms with Crippen molar-refractivity contribution >= 4 is 5.69 Å². The first-order chi connectivity index (χ1) is 15.6. The number of imidazole rings is 1. The zero-order valence-corrected chi connectivity index (χ0v) is 18.4. The Balaban J connectivity index is 1.40. The third-order valence-corrected chi connectivity index (χ3v) is 5.67. The number of aromatic nitrogens is 2. The second-order valence-electron chi connectivity index (χ2n) is 8.08. The normalized spacial score (nSPS) is 15.1. The molecule has 1 aliphatic heterocycles. The minimum atomic E-state index is 0.237. The molecule has 1 aliphatic rings. The van der Waals surface area contributed by atoms with Crippen molar-refractivity contribution < 1.29 is 9.43 Å². The molecular formula is C27H25N4O+. The maximum Gasteiger partial charge on any atom is 0.236 e. The molecule has 5 heteroatoms. The number of nitrogens with zero attached hydrogens (tertiary/aromatic N) is 4. The van der Waals surface area contributed by atoms with Crippen molar-refractivity contribution in [3.63, 3.8) is 0 Å². The van der Waals surface area contributed by atoms with E-state index < -0.39 is 0 Å². The average Bonchev–Trinajstić information content (AvgIpc) is 3.44. The molecule has 3 aromatic carbocycles. The van der Waals surface area contributed by atoms with Crippen LogP contribution in [0.4, 0.5) is 5.69 Å². The van der Waals surface area contributed by atoms with E-state index in [2.05, 4.69) is 72.0 Å². The summed E-state index contributed by atoms with van der Waals surface area (Å²) in [6, 6.07) is 22.6. The molecule has 0 amide bonds. The topological polar surface area (TPSA) is 42.4 Å². The van der Waals surface area contributed by atoms with Gasteiger partial charge in [0.15, 0.2) is 0 Å². The number of para-hydroxylation sites is 1. The molecule has 1 atom stereocenters. The summed E-state index contributed by atoms with van der Waals surface area (Å²) in [5, 5.41) is 4.42. The molecule has 5 nitrogen and oxygen atoms in total. The van der Waals surface area contributed by atoms with Crippen LogP contribution in [0, 0.1) is 13.8 Å². The number of azo groups is 2. The number of aryl methyl sites for hydroxylation is 2. The first kappa shape index (κ1) is 19.9. The standard InChI is InChI=1S/C27H25N4O/c1-19-7-4-8-20(2)27(19)30-17-26(28-18-30)22-9-5-11-24(15-22)32-25-12-6-10-23(16-25)31-21(3)13-14-29-31/h4-18,21H,1-3H3/q+1. The summed E-state index contributed by atoms with van der Waals surface area (Å²) in [7, 11) is 0. The van der Waals surface area contributed by atoms with Gasteiger partial charge in [-0.15, -0.1) is 0 Å². The second kappa shape index (κ2) is 8.27. The van der Waals surface area contributed by atoms with Gasteiger partial charge in [0.05, 0.1) is 30.0 Å². The molecule has 4 aromatic rings. The van der Waals surface area contributed by atoms with Gasteiger partial charge in [-0.1, -0.05) is 41.1 Å².